The molecule has 3 rings (SSSR count). The molecule has 3 heteroatoms. The van der Waals surface area contributed by atoms with E-state index in [4.69, 9.17) is 0 Å². The standard InChI is InChI=1S/C15H16N3/c1-4-14-13-8-6-11-9-10(2)5-7-12(11)15(13)16-17-18(14)3/h5-9H,4H2,1-3H3/q+1. The van der Waals surface area contributed by atoms with Gasteiger partial charge in [-0.25, -0.2) is 0 Å². The smallest absolute Gasteiger partial charge is 0.137 e. The van der Waals surface area contributed by atoms with E-state index in [1.54, 1.807) is 0 Å². The van der Waals surface area contributed by atoms with E-state index in [2.05, 4.69) is 54.5 Å². The molecule has 0 N–H and O–H groups in total. The SMILES string of the molecule is CCc1c2ccc3cc(C)ccc3c2nn[n+]1C. The van der Waals surface area contributed by atoms with Crippen LogP contribution >= 0.6 is 0 Å². The monoisotopic (exact) mass is 238 g/mol. The van der Waals surface area contributed by atoms with Gasteiger partial charge in [0.15, 0.2) is 0 Å². The fraction of sp³-hybridized carbons (Fsp3) is 0.267. The van der Waals surface area contributed by atoms with Gasteiger partial charge in [0, 0.05) is 11.8 Å². The lowest BCUT2D eigenvalue weighted by atomic mass is 10.0. The van der Waals surface area contributed by atoms with Crippen LogP contribution in [0.3, 0.4) is 0 Å². The molecule has 0 aliphatic rings. The molecular formula is C15H16N3+. The van der Waals surface area contributed by atoms with Crippen LogP contribution in [0.4, 0.5) is 0 Å². The fourth-order valence-electron chi connectivity index (χ4n) is 2.53. The Kier molecular flexibility index (Phi) is 2.47. The van der Waals surface area contributed by atoms with Gasteiger partial charge >= 0.3 is 0 Å². The maximum Gasteiger partial charge on any atom is 0.222 e. The molecule has 2 aromatic carbocycles. The lowest BCUT2D eigenvalue weighted by Gasteiger charge is -2.03. The van der Waals surface area contributed by atoms with Crippen molar-refractivity contribution in [2.75, 3.05) is 0 Å². The normalized spacial score (nSPS) is 11.3. The molecule has 0 aliphatic carbocycles. The summed E-state index contributed by atoms with van der Waals surface area (Å²) in [7, 11) is 1.95. The maximum atomic E-state index is 4.36. The minimum Gasteiger partial charge on any atom is -0.137 e. The van der Waals surface area contributed by atoms with Crippen molar-refractivity contribution >= 4 is 21.7 Å². The highest BCUT2D eigenvalue weighted by molar-refractivity contribution is 6.05. The quantitative estimate of drug-likeness (QED) is 0.481. The Balaban J connectivity index is 2.49. The summed E-state index contributed by atoms with van der Waals surface area (Å²) in [5.74, 6) is 0. The molecule has 3 aromatic rings. The van der Waals surface area contributed by atoms with Crippen molar-refractivity contribution in [2.45, 2.75) is 20.3 Å². The first-order valence-corrected chi connectivity index (χ1v) is 6.25. The van der Waals surface area contributed by atoms with Crippen LogP contribution in [0.25, 0.3) is 21.7 Å². The molecule has 0 radical (unpaired) electrons. The van der Waals surface area contributed by atoms with Gasteiger partial charge in [-0.1, -0.05) is 30.7 Å². The van der Waals surface area contributed by atoms with Gasteiger partial charge in [-0.15, -0.1) is 4.68 Å². The van der Waals surface area contributed by atoms with Crippen LogP contribution in [0.1, 0.15) is 18.2 Å². The molecule has 0 atom stereocenters. The molecule has 0 fully saturated rings. The first kappa shape index (κ1) is 11.1. The summed E-state index contributed by atoms with van der Waals surface area (Å²) in [6, 6.07) is 10.8. The minimum absolute atomic E-state index is 0.958. The molecule has 0 unspecified atom stereocenters. The predicted octanol–water partition coefficient (Wildman–Crippen LogP) is 2.48. The van der Waals surface area contributed by atoms with Gasteiger partial charge in [-0.05, 0) is 24.4 Å². The van der Waals surface area contributed by atoms with Crippen LogP contribution in [0.15, 0.2) is 30.3 Å². The molecule has 1 aromatic heterocycles. The van der Waals surface area contributed by atoms with E-state index in [0.717, 1.165) is 11.9 Å². The van der Waals surface area contributed by atoms with Gasteiger partial charge in [0.2, 0.25) is 5.52 Å². The fourth-order valence-corrected chi connectivity index (χ4v) is 2.53. The largest absolute Gasteiger partial charge is 0.222 e. The molecule has 0 saturated heterocycles. The number of rotatable bonds is 1. The lowest BCUT2D eigenvalue weighted by molar-refractivity contribution is -0.741. The lowest BCUT2D eigenvalue weighted by Crippen LogP contribution is -2.38. The Labute approximate surface area is 106 Å². The summed E-state index contributed by atoms with van der Waals surface area (Å²) in [5.41, 5.74) is 3.50. The number of aromatic nitrogens is 3. The summed E-state index contributed by atoms with van der Waals surface area (Å²) in [6.07, 6.45) is 0.958. The second kappa shape index (κ2) is 4.02. The number of benzene rings is 2. The highest BCUT2D eigenvalue weighted by atomic mass is 15.4. The van der Waals surface area contributed by atoms with Crippen LogP contribution in [-0.2, 0) is 13.5 Å². The zero-order chi connectivity index (χ0) is 12.7. The van der Waals surface area contributed by atoms with Crippen LogP contribution in [0.5, 0.6) is 0 Å². The Bertz CT molecular complexity index is 747. The van der Waals surface area contributed by atoms with Crippen molar-refractivity contribution in [3.05, 3.63) is 41.6 Å². The molecule has 0 spiro atoms. The average molecular weight is 238 g/mol. The third-order valence-corrected chi connectivity index (χ3v) is 3.46. The van der Waals surface area contributed by atoms with Crippen molar-refractivity contribution in [3.63, 3.8) is 0 Å². The first-order chi connectivity index (χ1) is 8.70. The second-order valence-electron chi connectivity index (χ2n) is 4.70. The average Bonchev–Trinajstić information content (AvgIpc) is 2.37. The molecule has 18 heavy (non-hydrogen) atoms. The minimum atomic E-state index is 0.958. The molecule has 0 bridgehead atoms. The van der Waals surface area contributed by atoms with Gasteiger partial charge < -0.3 is 0 Å². The van der Waals surface area contributed by atoms with Crippen molar-refractivity contribution in [3.8, 4) is 0 Å². The van der Waals surface area contributed by atoms with Gasteiger partial charge in [0.25, 0.3) is 0 Å². The zero-order valence-corrected chi connectivity index (χ0v) is 10.9. The van der Waals surface area contributed by atoms with Crippen molar-refractivity contribution in [1.29, 1.82) is 0 Å². The number of aryl methyl sites for hydroxylation is 3. The van der Waals surface area contributed by atoms with E-state index in [1.807, 2.05) is 11.7 Å². The van der Waals surface area contributed by atoms with Gasteiger partial charge in [-0.3, -0.25) is 0 Å². The third kappa shape index (κ3) is 1.55. The zero-order valence-electron chi connectivity index (χ0n) is 10.9. The second-order valence-corrected chi connectivity index (χ2v) is 4.70. The van der Waals surface area contributed by atoms with Gasteiger partial charge in [0.1, 0.15) is 18.0 Å². The Hall–Kier alpha value is -2.03. The van der Waals surface area contributed by atoms with E-state index >= 15 is 0 Å². The summed E-state index contributed by atoms with van der Waals surface area (Å²) in [4.78, 5) is 0. The van der Waals surface area contributed by atoms with Crippen LogP contribution in [0.2, 0.25) is 0 Å². The molecule has 90 valence electrons. The Morgan fingerprint density at radius 2 is 1.89 bits per heavy atom. The predicted molar refractivity (Wildman–Crippen MR) is 72.3 cm³/mol. The molecule has 0 saturated carbocycles. The number of nitrogens with zero attached hydrogens (tertiary/aromatic N) is 3. The van der Waals surface area contributed by atoms with Crippen molar-refractivity contribution in [1.82, 2.24) is 10.3 Å². The molecule has 3 nitrogen and oxygen atoms in total. The topological polar surface area (TPSA) is 29.7 Å². The van der Waals surface area contributed by atoms with Crippen LogP contribution < -0.4 is 4.68 Å². The van der Waals surface area contributed by atoms with E-state index < -0.39 is 0 Å². The first-order valence-electron chi connectivity index (χ1n) is 6.25. The molecule has 1 heterocycles. The summed E-state index contributed by atoms with van der Waals surface area (Å²) in [6.45, 7) is 4.26. The van der Waals surface area contributed by atoms with Crippen LogP contribution in [-0.4, -0.2) is 10.3 Å². The molecule has 0 aliphatic heterocycles. The summed E-state index contributed by atoms with van der Waals surface area (Å²) in [5, 5.41) is 12.2. The number of fused-ring (bicyclic) bond motifs is 3. The Morgan fingerprint density at radius 3 is 2.67 bits per heavy atom. The van der Waals surface area contributed by atoms with Crippen molar-refractivity contribution in [2.24, 2.45) is 7.05 Å². The van der Waals surface area contributed by atoms with Crippen molar-refractivity contribution < 1.29 is 4.68 Å². The molecule has 0 amide bonds. The molecular weight excluding hydrogens is 222 g/mol. The van der Waals surface area contributed by atoms with Gasteiger partial charge in [-0.2, -0.15) is 0 Å². The van der Waals surface area contributed by atoms with E-state index in [0.29, 0.717) is 0 Å². The van der Waals surface area contributed by atoms with E-state index in [1.165, 1.54) is 27.4 Å². The number of hydrogen-bond donors (Lipinski definition) is 0. The number of hydrogen-bond acceptors (Lipinski definition) is 2. The highest BCUT2D eigenvalue weighted by Gasteiger charge is 2.15. The summed E-state index contributed by atoms with van der Waals surface area (Å²) < 4.78 is 1.86. The highest BCUT2D eigenvalue weighted by Crippen LogP contribution is 2.25. The third-order valence-electron chi connectivity index (χ3n) is 3.46. The maximum absolute atomic E-state index is 4.36. The van der Waals surface area contributed by atoms with Gasteiger partial charge in [0.05, 0.1) is 10.5 Å². The van der Waals surface area contributed by atoms with E-state index in [-0.39, 0.29) is 0 Å². The van der Waals surface area contributed by atoms with E-state index in [9.17, 15) is 0 Å². The summed E-state index contributed by atoms with van der Waals surface area (Å²) >= 11 is 0. The Morgan fingerprint density at radius 1 is 1.11 bits per heavy atom. The van der Waals surface area contributed by atoms with Crippen LogP contribution in [0, 0.1) is 6.92 Å².